The number of hydrogen-bond donors (Lipinski definition) is 1. The number of hydrogen-bond acceptors (Lipinski definition) is 5. The Kier molecular flexibility index (Phi) is 25.5. The van der Waals surface area contributed by atoms with E-state index in [0.29, 0.717) is 30.8 Å². The summed E-state index contributed by atoms with van der Waals surface area (Å²) in [5.41, 5.74) is 0. The van der Waals surface area contributed by atoms with E-state index in [-0.39, 0.29) is 13.2 Å². The molecule has 0 aliphatic carbocycles. The average molecular weight is 565 g/mol. The van der Waals surface area contributed by atoms with Crippen LogP contribution < -0.4 is 0 Å². The van der Waals surface area contributed by atoms with Crippen molar-refractivity contribution in [1.82, 2.24) is 0 Å². The molecule has 38 heavy (non-hydrogen) atoms. The van der Waals surface area contributed by atoms with Crippen molar-refractivity contribution in [2.75, 3.05) is 60.7 Å². The standard InChI is InChI=1S/C30H62NO6P/c1-6-8-10-12-13-14-15-16-17-18-19-20-21-22-25-34-28-30(35-26-23-11-9-7-2)29-37-38(32,33)36-27-24-31(3,4)5/h7,30H,2,6,8-29H2,1,3-5H3/p+1/t30-/m1/s1. The molecule has 0 fully saturated rings. The lowest BCUT2D eigenvalue weighted by Crippen LogP contribution is -2.37. The minimum atomic E-state index is -4.12. The monoisotopic (exact) mass is 564 g/mol. The van der Waals surface area contributed by atoms with Crippen molar-refractivity contribution in [3.8, 4) is 0 Å². The van der Waals surface area contributed by atoms with Gasteiger partial charge in [-0.15, -0.1) is 6.58 Å². The van der Waals surface area contributed by atoms with E-state index in [1.807, 2.05) is 27.2 Å². The van der Waals surface area contributed by atoms with Crippen LogP contribution in [-0.2, 0) is 23.1 Å². The fourth-order valence-corrected chi connectivity index (χ4v) is 4.78. The number of likely N-dealkylation sites (N-methyl/N-ethyl adjacent to an activating group) is 1. The second-order valence-electron chi connectivity index (χ2n) is 11.6. The molecular weight excluding hydrogens is 501 g/mol. The second kappa shape index (κ2) is 25.7. The van der Waals surface area contributed by atoms with E-state index in [9.17, 15) is 9.46 Å². The van der Waals surface area contributed by atoms with Gasteiger partial charge in [-0.2, -0.15) is 0 Å². The van der Waals surface area contributed by atoms with Crippen LogP contribution in [0, 0.1) is 0 Å². The van der Waals surface area contributed by atoms with Crippen molar-refractivity contribution in [1.29, 1.82) is 0 Å². The second-order valence-corrected chi connectivity index (χ2v) is 13.0. The SMILES string of the molecule is C=CCCCCO[C@H](COCCCCCCCCCCCCCCCC)COP(=O)(O)OCC[N+](C)(C)C. The summed E-state index contributed by atoms with van der Waals surface area (Å²) in [4.78, 5) is 10.0. The third kappa shape index (κ3) is 28.7. The Morgan fingerprint density at radius 1 is 0.737 bits per heavy atom. The molecule has 1 unspecified atom stereocenters. The fourth-order valence-electron chi connectivity index (χ4n) is 4.04. The average Bonchev–Trinajstić information content (AvgIpc) is 2.85. The van der Waals surface area contributed by atoms with E-state index in [4.69, 9.17) is 18.5 Å². The van der Waals surface area contributed by atoms with Gasteiger partial charge >= 0.3 is 7.82 Å². The molecule has 0 amide bonds. The van der Waals surface area contributed by atoms with E-state index < -0.39 is 13.9 Å². The summed E-state index contributed by atoms with van der Waals surface area (Å²) in [6, 6.07) is 0. The molecule has 1 N–H and O–H groups in total. The minimum Gasteiger partial charge on any atom is -0.379 e. The van der Waals surface area contributed by atoms with Gasteiger partial charge in [0, 0.05) is 13.2 Å². The molecule has 0 aromatic rings. The first kappa shape index (κ1) is 37.7. The highest BCUT2D eigenvalue weighted by molar-refractivity contribution is 7.47. The van der Waals surface area contributed by atoms with Gasteiger partial charge < -0.3 is 18.9 Å². The molecule has 0 heterocycles. The molecule has 0 aliphatic rings. The third-order valence-corrected chi connectivity index (χ3v) is 7.53. The Morgan fingerprint density at radius 3 is 1.79 bits per heavy atom. The van der Waals surface area contributed by atoms with Gasteiger partial charge in [-0.3, -0.25) is 9.05 Å². The lowest BCUT2D eigenvalue weighted by molar-refractivity contribution is -0.870. The molecule has 0 spiro atoms. The number of allylic oxidation sites excluding steroid dienone is 1. The van der Waals surface area contributed by atoms with Crippen LogP contribution >= 0.6 is 7.82 Å². The summed E-state index contributed by atoms with van der Waals surface area (Å²) < 4.78 is 34.9. The highest BCUT2D eigenvalue weighted by Crippen LogP contribution is 2.43. The van der Waals surface area contributed by atoms with Crippen LogP contribution in [0.1, 0.15) is 116 Å². The maximum absolute atomic E-state index is 12.2. The molecule has 0 radical (unpaired) electrons. The topological polar surface area (TPSA) is 74.2 Å². The number of quaternary nitrogens is 1. The maximum Gasteiger partial charge on any atom is 0.472 e. The summed E-state index contributed by atoms with van der Waals surface area (Å²) >= 11 is 0. The van der Waals surface area contributed by atoms with E-state index in [1.165, 1.54) is 83.5 Å². The van der Waals surface area contributed by atoms with Crippen LogP contribution in [0.4, 0.5) is 0 Å². The molecule has 0 aliphatic heterocycles. The maximum atomic E-state index is 12.2. The van der Waals surface area contributed by atoms with Crippen molar-refractivity contribution in [3.63, 3.8) is 0 Å². The molecule has 0 aromatic carbocycles. The highest BCUT2D eigenvalue weighted by Gasteiger charge is 2.25. The van der Waals surface area contributed by atoms with E-state index in [0.717, 1.165) is 25.7 Å². The van der Waals surface area contributed by atoms with Crippen molar-refractivity contribution in [2.24, 2.45) is 0 Å². The Balaban J connectivity index is 3.96. The first-order valence-electron chi connectivity index (χ1n) is 15.4. The summed E-state index contributed by atoms with van der Waals surface area (Å²) in [6.45, 7) is 8.32. The van der Waals surface area contributed by atoms with E-state index in [2.05, 4.69) is 13.5 Å². The van der Waals surface area contributed by atoms with Gasteiger partial charge in [-0.25, -0.2) is 4.57 Å². The third-order valence-electron chi connectivity index (χ3n) is 6.54. The van der Waals surface area contributed by atoms with Gasteiger partial charge in [0.15, 0.2) is 0 Å². The minimum absolute atomic E-state index is 0.0294. The van der Waals surface area contributed by atoms with E-state index in [1.54, 1.807) is 0 Å². The fraction of sp³-hybridized carbons (Fsp3) is 0.933. The van der Waals surface area contributed by atoms with Crippen LogP contribution in [0.5, 0.6) is 0 Å². The highest BCUT2D eigenvalue weighted by atomic mass is 31.2. The number of phosphoric ester groups is 1. The van der Waals surface area contributed by atoms with Crippen LogP contribution in [-0.4, -0.2) is 76.2 Å². The Labute approximate surface area is 235 Å². The number of nitrogens with zero attached hydrogens (tertiary/aromatic N) is 1. The molecule has 0 saturated heterocycles. The van der Waals surface area contributed by atoms with Crippen LogP contribution in [0.25, 0.3) is 0 Å². The van der Waals surface area contributed by atoms with Crippen molar-refractivity contribution >= 4 is 7.82 Å². The van der Waals surface area contributed by atoms with Crippen LogP contribution in [0.2, 0.25) is 0 Å². The Morgan fingerprint density at radius 2 is 1.26 bits per heavy atom. The lowest BCUT2D eigenvalue weighted by Gasteiger charge is -2.24. The quantitative estimate of drug-likeness (QED) is 0.0412. The zero-order valence-electron chi connectivity index (χ0n) is 25.5. The number of phosphoric acid groups is 1. The smallest absolute Gasteiger partial charge is 0.379 e. The Bertz CT molecular complexity index is 569. The molecule has 0 saturated carbocycles. The zero-order chi connectivity index (χ0) is 28.4. The van der Waals surface area contributed by atoms with Crippen molar-refractivity contribution in [2.45, 2.75) is 122 Å². The first-order valence-corrected chi connectivity index (χ1v) is 16.9. The molecule has 2 atom stereocenters. The van der Waals surface area contributed by atoms with Crippen LogP contribution in [0.15, 0.2) is 12.7 Å². The largest absolute Gasteiger partial charge is 0.472 e. The van der Waals surface area contributed by atoms with Crippen LogP contribution in [0.3, 0.4) is 0 Å². The zero-order valence-corrected chi connectivity index (χ0v) is 26.4. The van der Waals surface area contributed by atoms with Gasteiger partial charge in [-0.05, 0) is 25.7 Å². The number of unbranched alkanes of at least 4 members (excludes halogenated alkanes) is 15. The Hall–Kier alpha value is -0.270. The summed E-state index contributed by atoms with van der Waals surface area (Å²) in [5.74, 6) is 0. The predicted octanol–water partition coefficient (Wildman–Crippen LogP) is 8.07. The summed E-state index contributed by atoms with van der Waals surface area (Å²) in [7, 11) is 1.88. The molecule has 8 heteroatoms. The summed E-state index contributed by atoms with van der Waals surface area (Å²) in [6.07, 6.45) is 23.0. The van der Waals surface area contributed by atoms with Gasteiger partial charge in [0.25, 0.3) is 0 Å². The van der Waals surface area contributed by atoms with Gasteiger partial charge in [0.1, 0.15) is 19.3 Å². The first-order chi connectivity index (χ1) is 18.2. The molecule has 0 aromatic heterocycles. The normalized spacial score (nSPS) is 14.4. The van der Waals surface area contributed by atoms with Gasteiger partial charge in [0.05, 0.1) is 34.4 Å². The van der Waals surface area contributed by atoms with Gasteiger partial charge in [-0.1, -0.05) is 96.5 Å². The molecule has 228 valence electrons. The molecule has 0 bridgehead atoms. The molecule has 0 rings (SSSR count). The van der Waals surface area contributed by atoms with Gasteiger partial charge in [0.2, 0.25) is 0 Å². The lowest BCUT2D eigenvalue weighted by atomic mass is 10.0. The number of rotatable bonds is 30. The van der Waals surface area contributed by atoms with Crippen molar-refractivity contribution < 1.29 is 32.5 Å². The molecular formula is C30H63NO6P+. The summed E-state index contributed by atoms with van der Waals surface area (Å²) in [5, 5.41) is 0. The molecule has 7 nitrogen and oxygen atoms in total. The van der Waals surface area contributed by atoms with Crippen molar-refractivity contribution in [3.05, 3.63) is 12.7 Å². The van der Waals surface area contributed by atoms with E-state index >= 15 is 0 Å². The number of ether oxygens (including phenoxy) is 2. The predicted molar refractivity (Wildman–Crippen MR) is 160 cm³/mol.